The van der Waals surface area contributed by atoms with E-state index in [-0.39, 0.29) is 29.3 Å². The second-order valence-corrected chi connectivity index (χ2v) is 9.36. The van der Waals surface area contributed by atoms with Gasteiger partial charge in [-0.05, 0) is 76.7 Å². The van der Waals surface area contributed by atoms with Gasteiger partial charge in [0.25, 0.3) is 0 Å². The minimum absolute atomic E-state index is 0.00224. The van der Waals surface area contributed by atoms with Gasteiger partial charge in [0.15, 0.2) is 0 Å². The molecule has 1 atom stereocenters. The molecule has 0 fully saturated rings. The minimum Gasteiger partial charge on any atom is -0.325 e. The third-order valence-corrected chi connectivity index (χ3v) is 6.11. The van der Waals surface area contributed by atoms with E-state index >= 15 is 0 Å². The van der Waals surface area contributed by atoms with Gasteiger partial charge in [-0.25, -0.2) is 18.1 Å². The molecule has 3 N–H and O–H groups in total. The molecule has 2 rings (SSSR count). The second kappa shape index (κ2) is 10.5. The molecule has 10 heteroatoms. The Morgan fingerprint density at radius 1 is 1.06 bits per heavy atom. The Labute approximate surface area is 183 Å². The van der Waals surface area contributed by atoms with Crippen LogP contribution in [-0.2, 0) is 19.6 Å². The Hall–Kier alpha value is -2.82. The van der Waals surface area contributed by atoms with Gasteiger partial charge in [0.05, 0.1) is 17.5 Å². The number of aromatic nitrogens is 1. The Morgan fingerprint density at radius 3 is 2.29 bits per heavy atom. The number of nitrogens with zero attached hydrogens (tertiary/aromatic N) is 2. The van der Waals surface area contributed by atoms with Gasteiger partial charge in [0.1, 0.15) is 5.82 Å². The quantitative estimate of drug-likeness (QED) is 0.541. The molecule has 0 aliphatic rings. The molecule has 0 radical (unpaired) electrons. The van der Waals surface area contributed by atoms with Gasteiger partial charge >= 0.3 is 0 Å². The number of rotatable bonds is 9. The first kappa shape index (κ1) is 24.4. The van der Waals surface area contributed by atoms with Crippen LogP contribution in [0, 0.1) is 6.92 Å². The van der Waals surface area contributed by atoms with Crippen molar-refractivity contribution in [3.63, 3.8) is 0 Å². The molecule has 9 nitrogen and oxygen atoms in total. The molecule has 0 saturated carbocycles. The summed E-state index contributed by atoms with van der Waals surface area (Å²) < 4.78 is 26.9. The van der Waals surface area contributed by atoms with Gasteiger partial charge in [0, 0.05) is 17.9 Å². The van der Waals surface area contributed by atoms with Crippen LogP contribution in [0.2, 0.25) is 0 Å². The van der Waals surface area contributed by atoms with Crippen LogP contribution in [0.15, 0.2) is 47.5 Å². The monoisotopic (exact) mass is 447 g/mol. The number of hydrogen-bond donors (Lipinski definition) is 3. The van der Waals surface area contributed by atoms with Crippen molar-refractivity contribution in [3.05, 3.63) is 48.2 Å². The fourth-order valence-corrected chi connectivity index (χ4v) is 3.94. The molecule has 0 spiro atoms. The van der Waals surface area contributed by atoms with E-state index in [1.165, 1.54) is 24.3 Å². The highest BCUT2D eigenvalue weighted by Crippen LogP contribution is 2.15. The van der Waals surface area contributed by atoms with Crippen LogP contribution in [0.25, 0.3) is 0 Å². The van der Waals surface area contributed by atoms with Gasteiger partial charge in [-0.3, -0.25) is 14.5 Å². The van der Waals surface area contributed by atoms with Gasteiger partial charge in [-0.15, -0.1) is 0 Å². The zero-order chi connectivity index (χ0) is 23.2. The van der Waals surface area contributed by atoms with E-state index in [9.17, 15) is 18.0 Å². The molecule has 31 heavy (non-hydrogen) atoms. The maximum atomic E-state index is 12.5. The number of likely N-dealkylation sites (N-methyl/N-ethyl adjacent to an activating group) is 1. The largest absolute Gasteiger partial charge is 0.325 e. The van der Waals surface area contributed by atoms with Crippen LogP contribution in [0.4, 0.5) is 11.5 Å². The maximum absolute atomic E-state index is 12.5. The summed E-state index contributed by atoms with van der Waals surface area (Å²) in [5, 5.41) is 5.44. The lowest BCUT2D eigenvalue weighted by Gasteiger charge is -2.23. The van der Waals surface area contributed by atoms with Crippen molar-refractivity contribution in [1.82, 2.24) is 14.6 Å². The lowest BCUT2D eigenvalue weighted by atomic mass is 10.2. The van der Waals surface area contributed by atoms with E-state index < -0.39 is 16.1 Å². The number of amides is 2. The normalized spacial score (nSPS) is 12.6. The zero-order valence-electron chi connectivity index (χ0n) is 18.3. The molecular weight excluding hydrogens is 418 g/mol. The SMILES string of the molecule is Cc1ccnc(NC(=O)CN(C)C(C)C(=O)Nc2ccc(S(=O)(=O)NC(C)C)cc2)c1. The molecule has 0 aliphatic heterocycles. The second-order valence-electron chi connectivity index (χ2n) is 7.65. The van der Waals surface area contributed by atoms with E-state index in [0.717, 1.165) is 5.56 Å². The molecule has 168 valence electrons. The van der Waals surface area contributed by atoms with Gasteiger partial charge in [-0.2, -0.15) is 0 Å². The first-order valence-corrected chi connectivity index (χ1v) is 11.3. The standard InChI is InChI=1S/C21H29N5O4S/c1-14(2)25-31(29,30)18-8-6-17(7-9-18)23-21(28)16(4)26(5)13-20(27)24-19-12-15(3)10-11-22-19/h6-12,14,16,25H,13H2,1-5H3,(H,23,28)(H,22,24,27). The van der Waals surface area contributed by atoms with E-state index in [1.54, 1.807) is 45.0 Å². The maximum Gasteiger partial charge on any atom is 0.241 e. The van der Waals surface area contributed by atoms with Crippen molar-refractivity contribution in [2.45, 2.75) is 44.7 Å². The van der Waals surface area contributed by atoms with Crippen LogP contribution < -0.4 is 15.4 Å². The van der Waals surface area contributed by atoms with Crippen LogP contribution in [0.5, 0.6) is 0 Å². The summed E-state index contributed by atoms with van der Waals surface area (Å²) >= 11 is 0. The number of sulfonamides is 1. The minimum atomic E-state index is -3.60. The fraction of sp³-hybridized carbons (Fsp3) is 0.381. The predicted molar refractivity (Wildman–Crippen MR) is 120 cm³/mol. The number of nitrogens with one attached hydrogen (secondary N) is 3. The molecular formula is C21H29N5O4S. The topological polar surface area (TPSA) is 120 Å². The molecule has 1 aromatic heterocycles. The van der Waals surface area contributed by atoms with E-state index in [0.29, 0.717) is 11.5 Å². The molecule has 0 bridgehead atoms. The Morgan fingerprint density at radius 2 is 1.71 bits per heavy atom. The number of carbonyl (C=O) groups is 2. The molecule has 0 aliphatic carbocycles. The molecule has 1 unspecified atom stereocenters. The number of anilines is 2. The Bertz CT molecular complexity index is 1020. The molecule has 2 aromatic rings. The summed E-state index contributed by atoms with van der Waals surface area (Å²) in [7, 11) is -1.93. The van der Waals surface area contributed by atoms with Crippen molar-refractivity contribution in [1.29, 1.82) is 0 Å². The summed E-state index contributed by atoms with van der Waals surface area (Å²) in [6, 6.07) is 8.67. The summed E-state index contributed by atoms with van der Waals surface area (Å²) in [6.07, 6.45) is 1.61. The molecule has 1 aromatic carbocycles. The first-order valence-electron chi connectivity index (χ1n) is 9.84. The number of pyridine rings is 1. The number of aryl methyl sites for hydroxylation is 1. The molecule has 1 heterocycles. The Kier molecular flexibility index (Phi) is 8.26. The van der Waals surface area contributed by atoms with Crippen molar-refractivity contribution < 1.29 is 18.0 Å². The van der Waals surface area contributed by atoms with Gasteiger partial charge in [-0.1, -0.05) is 0 Å². The molecule has 0 saturated heterocycles. The summed E-state index contributed by atoms with van der Waals surface area (Å²) in [4.78, 5) is 30.6. The van der Waals surface area contributed by atoms with Crippen molar-refractivity contribution in [2.75, 3.05) is 24.2 Å². The van der Waals surface area contributed by atoms with E-state index in [4.69, 9.17) is 0 Å². The summed E-state index contributed by atoms with van der Waals surface area (Å²) in [5.74, 6) is -0.148. The number of benzene rings is 1. The van der Waals surface area contributed by atoms with Crippen LogP contribution >= 0.6 is 0 Å². The average molecular weight is 448 g/mol. The Balaban J connectivity index is 1.93. The summed E-state index contributed by atoms with van der Waals surface area (Å²) in [6.45, 7) is 7.06. The third kappa shape index (κ3) is 7.42. The number of hydrogen-bond acceptors (Lipinski definition) is 6. The predicted octanol–water partition coefficient (Wildman–Crippen LogP) is 1.97. The van der Waals surface area contributed by atoms with Crippen molar-refractivity contribution in [3.8, 4) is 0 Å². The van der Waals surface area contributed by atoms with Crippen molar-refractivity contribution >= 4 is 33.3 Å². The van der Waals surface area contributed by atoms with Gasteiger partial charge < -0.3 is 10.6 Å². The van der Waals surface area contributed by atoms with E-state index in [1.807, 2.05) is 13.0 Å². The summed E-state index contributed by atoms with van der Waals surface area (Å²) in [5.41, 5.74) is 1.44. The molecule has 2 amide bonds. The fourth-order valence-electron chi connectivity index (χ4n) is 2.69. The highest BCUT2D eigenvalue weighted by Gasteiger charge is 2.21. The van der Waals surface area contributed by atoms with Crippen LogP contribution in [0.1, 0.15) is 26.3 Å². The smallest absolute Gasteiger partial charge is 0.241 e. The lowest BCUT2D eigenvalue weighted by Crippen LogP contribution is -2.43. The highest BCUT2D eigenvalue weighted by molar-refractivity contribution is 7.89. The first-order chi connectivity index (χ1) is 14.5. The van der Waals surface area contributed by atoms with Crippen molar-refractivity contribution in [2.24, 2.45) is 0 Å². The van der Waals surface area contributed by atoms with Crippen LogP contribution in [0.3, 0.4) is 0 Å². The number of carbonyl (C=O) groups excluding carboxylic acids is 2. The van der Waals surface area contributed by atoms with Gasteiger partial charge in [0.2, 0.25) is 21.8 Å². The van der Waals surface area contributed by atoms with Crippen LogP contribution in [-0.4, -0.2) is 55.8 Å². The lowest BCUT2D eigenvalue weighted by molar-refractivity contribution is -0.122. The van der Waals surface area contributed by atoms with E-state index in [2.05, 4.69) is 20.3 Å². The average Bonchev–Trinajstić information content (AvgIpc) is 2.66. The zero-order valence-corrected chi connectivity index (χ0v) is 19.2. The third-order valence-electron chi connectivity index (χ3n) is 4.44. The highest BCUT2D eigenvalue weighted by atomic mass is 32.2.